The number of ether oxygens (including phenoxy) is 1. The first kappa shape index (κ1) is 16.0. The predicted octanol–water partition coefficient (Wildman–Crippen LogP) is 2.19. The second-order valence-corrected chi connectivity index (χ2v) is 7.64. The van der Waals surface area contributed by atoms with Gasteiger partial charge in [0.05, 0.1) is 5.56 Å². The number of likely N-dealkylation sites (tertiary alicyclic amines) is 2. The minimum atomic E-state index is 0.145. The number of amides is 1. The standard InChI is InChI=1S/C19H27N3O2/c23-18(16-3-1-8-20-13-16)22-9-2-6-19(15-22)7-10-21(14-19)17-4-11-24-12-5-17/h1,3,8,13,17H,2,4-7,9-12,14-15H2/t19-/m1/s1. The topological polar surface area (TPSA) is 45.7 Å². The van der Waals surface area contributed by atoms with Crippen molar-refractivity contribution >= 4 is 5.91 Å². The van der Waals surface area contributed by atoms with Crippen LogP contribution in [0.3, 0.4) is 0 Å². The highest BCUT2D eigenvalue weighted by molar-refractivity contribution is 5.94. The van der Waals surface area contributed by atoms with E-state index in [0.717, 1.165) is 52.1 Å². The van der Waals surface area contributed by atoms with Crippen molar-refractivity contribution < 1.29 is 9.53 Å². The normalized spacial score (nSPS) is 29.2. The van der Waals surface area contributed by atoms with Crippen molar-refractivity contribution in [2.75, 3.05) is 39.4 Å². The number of hydrogen-bond donors (Lipinski definition) is 0. The second kappa shape index (κ2) is 6.81. The molecular formula is C19H27N3O2. The molecule has 0 aliphatic carbocycles. The molecule has 24 heavy (non-hydrogen) atoms. The van der Waals surface area contributed by atoms with E-state index in [1.165, 1.54) is 19.4 Å². The van der Waals surface area contributed by atoms with Crippen molar-refractivity contribution in [3.8, 4) is 0 Å². The molecule has 130 valence electrons. The molecule has 1 amide bonds. The van der Waals surface area contributed by atoms with Crippen molar-refractivity contribution in [2.24, 2.45) is 5.41 Å². The van der Waals surface area contributed by atoms with Crippen molar-refractivity contribution in [1.82, 2.24) is 14.8 Å². The number of carbonyl (C=O) groups is 1. The van der Waals surface area contributed by atoms with Crippen LogP contribution in [-0.2, 0) is 4.74 Å². The van der Waals surface area contributed by atoms with Gasteiger partial charge >= 0.3 is 0 Å². The Morgan fingerprint density at radius 1 is 1.21 bits per heavy atom. The predicted molar refractivity (Wildman–Crippen MR) is 91.8 cm³/mol. The van der Waals surface area contributed by atoms with Gasteiger partial charge in [0.15, 0.2) is 0 Å². The lowest BCUT2D eigenvalue weighted by atomic mass is 9.79. The van der Waals surface area contributed by atoms with Crippen LogP contribution in [0.25, 0.3) is 0 Å². The maximum atomic E-state index is 12.8. The molecule has 1 atom stereocenters. The quantitative estimate of drug-likeness (QED) is 0.834. The molecule has 0 N–H and O–H groups in total. The summed E-state index contributed by atoms with van der Waals surface area (Å²) in [7, 11) is 0. The Morgan fingerprint density at radius 2 is 2.08 bits per heavy atom. The maximum Gasteiger partial charge on any atom is 0.255 e. The first-order valence-corrected chi connectivity index (χ1v) is 9.27. The van der Waals surface area contributed by atoms with Gasteiger partial charge in [0.2, 0.25) is 0 Å². The molecule has 1 aromatic heterocycles. The fourth-order valence-electron chi connectivity index (χ4n) is 4.72. The average molecular weight is 329 g/mol. The van der Waals surface area contributed by atoms with Crippen LogP contribution in [-0.4, -0.2) is 66.1 Å². The maximum absolute atomic E-state index is 12.8. The number of aromatic nitrogens is 1. The van der Waals surface area contributed by atoms with E-state index in [-0.39, 0.29) is 5.91 Å². The summed E-state index contributed by atoms with van der Waals surface area (Å²) >= 11 is 0. The number of carbonyl (C=O) groups excluding carboxylic acids is 1. The first-order valence-electron chi connectivity index (χ1n) is 9.27. The molecule has 4 rings (SSSR count). The second-order valence-electron chi connectivity index (χ2n) is 7.64. The van der Waals surface area contributed by atoms with Crippen molar-refractivity contribution in [3.63, 3.8) is 0 Å². The molecule has 3 aliphatic heterocycles. The van der Waals surface area contributed by atoms with Crippen LogP contribution in [0.4, 0.5) is 0 Å². The van der Waals surface area contributed by atoms with E-state index in [0.29, 0.717) is 17.0 Å². The minimum Gasteiger partial charge on any atom is -0.381 e. The molecule has 0 unspecified atom stereocenters. The van der Waals surface area contributed by atoms with Crippen LogP contribution in [0.5, 0.6) is 0 Å². The van der Waals surface area contributed by atoms with E-state index in [9.17, 15) is 4.79 Å². The molecule has 5 heteroatoms. The fraction of sp³-hybridized carbons (Fsp3) is 0.684. The lowest BCUT2D eigenvalue weighted by molar-refractivity contribution is 0.0297. The van der Waals surface area contributed by atoms with Gasteiger partial charge in [-0.2, -0.15) is 0 Å². The summed E-state index contributed by atoms with van der Waals surface area (Å²) < 4.78 is 5.51. The third-order valence-corrected chi connectivity index (χ3v) is 6.03. The van der Waals surface area contributed by atoms with Gasteiger partial charge in [-0.15, -0.1) is 0 Å². The van der Waals surface area contributed by atoms with Crippen LogP contribution < -0.4 is 0 Å². The van der Waals surface area contributed by atoms with Crippen LogP contribution in [0, 0.1) is 5.41 Å². The third-order valence-electron chi connectivity index (χ3n) is 6.03. The van der Waals surface area contributed by atoms with E-state index < -0.39 is 0 Å². The molecule has 4 heterocycles. The summed E-state index contributed by atoms with van der Waals surface area (Å²) in [4.78, 5) is 21.6. The highest BCUT2D eigenvalue weighted by atomic mass is 16.5. The van der Waals surface area contributed by atoms with Crippen LogP contribution in [0.2, 0.25) is 0 Å². The van der Waals surface area contributed by atoms with Gasteiger partial charge in [0.25, 0.3) is 5.91 Å². The zero-order valence-electron chi connectivity index (χ0n) is 14.3. The fourth-order valence-corrected chi connectivity index (χ4v) is 4.72. The molecule has 3 saturated heterocycles. The Morgan fingerprint density at radius 3 is 2.88 bits per heavy atom. The van der Waals surface area contributed by atoms with E-state index in [2.05, 4.69) is 14.8 Å². The Bertz CT molecular complexity index is 573. The number of hydrogen-bond acceptors (Lipinski definition) is 4. The lowest BCUT2D eigenvalue weighted by Gasteiger charge is -2.41. The van der Waals surface area contributed by atoms with Crippen LogP contribution in [0.15, 0.2) is 24.5 Å². The van der Waals surface area contributed by atoms with Crippen molar-refractivity contribution in [1.29, 1.82) is 0 Å². The summed E-state index contributed by atoms with van der Waals surface area (Å²) in [6, 6.07) is 4.40. The minimum absolute atomic E-state index is 0.145. The van der Waals surface area contributed by atoms with Gasteiger partial charge in [0, 0.05) is 56.7 Å². The zero-order chi connectivity index (χ0) is 16.4. The number of piperidine rings is 1. The van der Waals surface area contributed by atoms with Gasteiger partial charge in [-0.05, 0) is 50.8 Å². The van der Waals surface area contributed by atoms with Gasteiger partial charge in [0.1, 0.15) is 0 Å². The lowest BCUT2D eigenvalue weighted by Crippen LogP contribution is -2.48. The molecule has 0 saturated carbocycles. The Balaban J connectivity index is 1.42. The van der Waals surface area contributed by atoms with Gasteiger partial charge < -0.3 is 9.64 Å². The van der Waals surface area contributed by atoms with Gasteiger partial charge in [-0.25, -0.2) is 0 Å². The van der Waals surface area contributed by atoms with E-state index in [4.69, 9.17) is 4.74 Å². The Labute approximate surface area is 144 Å². The van der Waals surface area contributed by atoms with Gasteiger partial charge in [-0.3, -0.25) is 14.7 Å². The molecule has 3 fully saturated rings. The first-order chi connectivity index (χ1) is 11.8. The summed E-state index contributed by atoms with van der Waals surface area (Å²) in [5.41, 5.74) is 1.02. The number of rotatable bonds is 2. The molecule has 3 aliphatic rings. The molecule has 5 nitrogen and oxygen atoms in total. The van der Waals surface area contributed by atoms with E-state index in [1.54, 1.807) is 12.4 Å². The Hall–Kier alpha value is -1.46. The molecule has 0 aromatic carbocycles. The molecule has 1 spiro atoms. The number of pyridine rings is 1. The van der Waals surface area contributed by atoms with Gasteiger partial charge in [-0.1, -0.05) is 0 Å². The largest absolute Gasteiger partial charge is 0.381 e. The summed E-state index contributed by atoms with van der Waals surface area (Å²) in [5.74, 6) is 0.145. The highest BCUT2D eigenvalue weighted by Crippen LogP contribution is 2.40. The Kier molecular flexibility index (Phi) is 4.55. The third kappa shape index (κ3) is 3.20. The van der Waals surface area contributed by atoms with Crippen LogP contribution >= 0.6 is 0 Å². The molecule has 1 aromatic rings. The van der Waals surface area contributed by atoms with Crippen LogP contribution in [0.1, 0.15) is 42.5 Å². The molecule has 0 bridgehead atoms. The summed E-state index contributed by atoms with van der Waals surface area (Å²) in [6.45, 7) is 5.92. The monoisotopic (exact) mass is 329 g/mol. The van der Waals surface area contributed by atoms with Crippen molar-refractivity contribution in [3.05, 3.63) is 30.1 Å². The van der Waals surface area contributed by atoms with E-state index in [1.807, 2.05) is 12.1 Å². The number of nitrogens with zero attached hydrogens (tertiary/aromatic N) is 3. The zero-order valence-corrected chi connectivity index (χ0v) is 14.3. The molecular weight excluding hydrogens is 302 g/mol. The summed E-state index contributed by atoms with van der Waals surface area (Å²) in [6.07, 6.45) is 9.32. The highest BCUT2D eigenvalue weighted by Gasteiger charge is 2.44. The van der Waals surface area contributed by atoms with E-state index >= 15 is 0 Å². The smallest absolute Gasteiger partial charge is 0.255 e. The summed E-state index contributed by atoms with van der Waals surface area (Å²) in [5, 5.41) is 0. The average Bonchev–Trinajstić information content (AvgIpc) is 3.06. The molecule has 0 radical (unpaired) electrons. The van der Waals surface area contributed by atoms with Crippen molar-refractivity contribution in [2.45, 2.75) is 38.1 Å². The SMILES string of the molecule is O=C(c1cccnc1)N1CCC[C@]2(CCN(C3CCOCC3)C2)C1.